The topological polar surface area (TPSA) is 83.7 Å². The van der Waals surface area contributed by atoms with Gasteiger partial charge < -0.3 is 15.6 Å². The van der Waals surface area contributed by atoms with E-state index in [4.69, 9.17) is 5.73 Å². The van der Waals surface area contributed by atoms with Crippen molar-refractivity contribution in [3.8, 4) is 0 Å². The van der Waals surface area contributed by atoms with Gasteiger partial charge >= 0.3 is 0 Å². The van der Waals surface area contributed by atoms with Gasteiger partial charge in [-0.05, 0) is 44.9 Å². The second-order valence-electron chi connectivity index (χ2n) is 6.66. The number of nitrogens with one attached hydrogen (secondary N) is 1. The highest BCUT2D eigenvalue weighted by Crippen LogP contribution is 2.31. The van der Waals surface area contributed by atoms with Gasteiger partial charge in [-0.1, -0.05) is 0 Å². The summed E-state index contributed by atoms with van der Waals surface area (Å²) in [5.41, 5.74) is 9.38. The number of aromatic nitrogens is 4. The molecule has 0 radical (unpaired) electrons. The molecule has 7 heteroatoms. The third-order valence-electron chi connectivity index (χ3n) is 5.02. The van der Waals surface area contributed by atoms with Crippen LogP contribution >= 0.6 is 0 Å². The van der Waals surface area contributed by atoms with Gasteiger partial charge in [0.1, 0.15) is 17.5 Å². The van der Waals surface area contributed by atoms with E-state index in [2.05, 4.69) is 24.8 Å². The molecule has 130 valence electrons. The minimum absolute atomic E-state index is 0.246. The molecule has 2 aromatic heterocycles. The molecule has 25 heavy (non-hydrogen) atoms. The minimum atomic E-state index is -0.246. The van der Waals surface area contributed by atoms with Crippen LogP contribution in [0.1, 0.15) is 35.8 Å². The van der Waals surface area contributed by atoms with Crippen LogP contribution in [0.2, 0.25) is 0 Å². The highest BCUT2D eigenvalue weighted by Gasteiger charge is 2.25. The fourth-order valence-electron chi connectivity index (χ4n) is 3.50. The van der Waals surface area contributed by atoms with Crippen LogP contribution in [0, 0.1) is 19.7 Å². The molecule has 4 rings (SSSR count). The van der Waals surface area contributed by atoms with Gasteiger partial charge in [-0.25, -0.2) is 14.4 Å². The number of fused-ring (bicyclic) bond motifs is 1. The van der Waals surface area contributed by atoms with Crippen molar-refractivity contribution in [1.82, 2.24) is 19.9 Å². The molecular weight excluding hydrogens is 319 g/mol. The van der Waals surface area contributed by atoms with Crippen LogP contribution < -0.4 is 10.6 Å². The minimum Gasteiger partial charge on any atom is -0.368 e. The van der Waals surface area contributed by atoms with Crippen LogP contribution in [0.4, 0.5) is 16.2 Å². The van der Waals surface area contributed by atoms with E-state index in [0.29, 0.717) is 11.9 Å². The van der Waals surface area contributed by atoms with E-state index in [1.165, 1.54) is 12.1 Å². The van der Waals surface area contributed by atoms with Gasteiger partial charge in [-0.2, -0.15) is 4.98 Å². The number of piperidine rings is 1. The Bertz CT molecular complexity index is 927. The molecule has 3 aromatic rings. The first kappa shape index (κ1) is 15.8. The van der Waals surface area contributed by atoms with Crippen molar-refractivity contribution < 1.29 is 4.39 Å². The van der Waals surface area contributed by atoms with E-state index < -0.39 is 0 Å². The van der Waals surface area contributed by atoms with Gasteiger partial charge in [-0.15, -0.1) is 0 Å². The monoisotopic (exact) mass is 340 g/mol. The third kappa shape index (κ3) is 2.90. The van der Waals surface area contributed by atoms with Gasteiger partial charge in [0.2, 0.25) is 5.95 Å². The Kier molecular flexibility index (Phi) is 3.78. The molecule has 0 aliphatic carbocycles. The molecular formula is C18H21FN6. The van der Waals surface area contributed by atoms with Gasteiger partial charge in [0.25, 0.3) is 0 Å². The van der Waals surface area contributed by atoms with Crippen molar-refractivity contribution in [3.63, 3.8) is 0 Å². The summed E-state index contributed by atoms with van der Waals surface area (Å²) in [4.78, 5) is 18.8. The van der Waals surface area contributed by atoms with Crippen molar-refractivity contribution in [1.29, 1.82) is 0 Å². The van der Waals surface area contributed by atoms with Crippen molar-refractivity contribution >= 4 is 22.8 Å². The average molecular weight is 340 g/mol. The number of halogens is 1. The van der Waals surface area contributed by atoms with E-state index in [1.54, 1.807) is 6.07 Å². The van der Waals surface area contributed by atoms with Crippen molar-refractivity contribution in [2.24, 2.45) is 0 Å². The summed E-state index contributed by atoms with van der Waals surface area (Å²) in [5, 5.41) is 0. The fourth-order valence-corrected chi connectivity index (χ4v) is 3.50. The normalized spacial score (nSPS) is 15.9. The Morgan fingerprint density at radius 1 is 1.16 bits per heavy atom. The quantitative estimate of drug-likeness (QED) is 0.749. The largest absolute Gasteiger partial charge is 0.368 e. The van der Waals surface area contributed by atoms with Crippen LogP contribution in [0.25, 0.3) is 11.0 Å². The van der Waals surface area contributed by atoms with Crippen molar-refractivity contribution in [2.45, 2.75) is 32.6 Å². The molecule has 1 fully saturated rings. The molecule has 0 bridgehead atoms. The second kappa shape index (κ2) is 5.98. The number of nitrogen functional groups attached to an aromatic ring is 1. The van der Waals surface area contributed by atoms with Gasteiger partial charge in [-0.3, -0.25) is 0 Å². The number of nitrogens with zero attached hydrogens (tertiary/aromatic N) is 4. The summed E-state index contributed by atoms with van der Waals surface area (Å²) in [5.74, 6) is 2.28. The summed E-state index contributed by atoms with van der Waals surface area (Å²) in [6, 6.07) is 4.66. The number of anilines is 2. The Balaban J connectivity index is 1.53. The maximum Gasteiger partial charge on any atom is 0.222 e. The molecule has 0 atom stereocenters. The van der Waals surface area contributed by atoms with Gasteiger partial charge in [0.05, 0.1) is 11.0 Å². The second-order valence-corrected chi connectivity index (χ2v) is 6.66. The van der Waals surface area contributed by atoms with Crippen molar-refractivity contribution in [3.05, 3.63) is 41.1 Å². The lowest BCUT2D eigenvalue weighted by Crippen LogP contribution is -2.34. The maximum absolute atomic E-state index is 13.4. The zero-order valence-electron chi connectivity index (χ0n) is 14.4. The molecule has 1 aliphatic heterocycles. The highest BCUT2D eigenvalue weighted by molar-refractivity contribution is 5.75. The first-order chi connectivity index (χ1) is 12.0. The highest BCUT2D eigenvalue weighted by atomic mass is 19.1. The Morgan fingerprint density at radius 3 is 2.68 bits per heavy atom. The van der Waals surface area contributed by atoms with Crippen molar-refractivity contribution in [2.75, 3.05) is 23.7 Å². The number of aryl methyl sites for hydroxylation is 1. The lowest BCUT2D eigenvalue weighted by atomic mass is 9.96. The molecule has 3 N–H and O–H groups in total. The molecule has 0 saturated carbocycles. The smallest absolute Gasteiger partial charge is 0.222 e. The predicted octanol–water partition coefficient (Wildman–Crippen LogP) is 3.08. The lowest BCUT2D eigenvalue weighted by Gasteiger charge is -2.33. The summed E-state index contributed by atoms with van der Waals surface area (Å²) < 4.78 is 13.4. The average Bonchev–Trinajstić information content (AvgIpc) is 3.01. The van der Waals surface area contributed by atoms with E-state index >= 15 is 0 Å². The molecule has 0 unspecified atom stereocenters. The summed E-state index contributed by atoms with van der Waals surface area (Å²) >= 11 is 0. The van der Waals surface area contributed by atoms with Crippen LogP contribution in [-0.4, -0.2) is 33.0 Å². The lowest BCUT2D eigenvalue weighted by molar-refractivity contribution is 0.486. The zero-order valence-corrected chi connectivity index (χ0v) is 14.4. The number of hydrogen-bond acceptors (Lipinski definition) is 5. The molecule has 1 aliphatic rings. The van der Waals surface area contributed by atoms with Gasteiger partial charge in [0, 0.05) is 30.3 Å². The fraction of sp³-hybridized carbons (Fsp3) is 0.389. The standard InChI is InChI=1S/C18H21FN6/c1-10-11(2)21-18(20)24-17(10)25-7-5-12(6-8-25)16-22-14-4-3-13(19)9-15(14)23-16/h3-4,9,12H,5-8H2,1-2H3,(H,22,23)(H2,20,21,24). The molecule has 1 saturated heterocycles. The SMILES string of the molecule is Cc1nc(N)nc(N2CCC(c3nc4ccc(F)cc4[nH]3)CC2)c1C. The van der Waals surface area contributed by atoms with Gasteiger partial charge in [0.15, 0.2) is 0 Å². The van der Waals surface area contributed by atoms with E-state index in [-0.39, 0.29) is 5.82 Å². The molecule has 1 aromatic carbocycles. The molecule has 0 amide bonds. The Labute approximate surface area is 145 Å². The van der Waals surface area contributed by atoms with Crippen LogP contribution in [0.5, 0.6) is 0 Å². The van der Waals surface area contributed by atoms with Crippen LogP contribution in [0.15, 0.2) is 18.2 Å². The number of rotatable bonds is 2. The summed E-state index contributed by atoms with van der Waals surface area (Å²) in [6.07, 6.45) is 1.93. The number of imidazole rings is 1. The third-order valence-corrected chi connectivity index (χ3v) is 5.02. The molecule has 0 spiro atoms. The van der Waals surface area contributed by atoms with E-state index in [0.717, 1.165) is 59.9 Å². The van der Waals surface area contributed by atoms with Crippen LogP contribution in [0.3, 0.4) is 0 Å². The molecule has 3 heterocycles. The van der Waals surface area contributed by atoms with E-state index in [1.807, 2.05) is 13.8 Å². The number of aromatic amines is 1. The Hall–Kier alpha value is -2.70. The predicted molar refractivity (Wildman–Crippen MR) is 96.2 cm³/mol. The Morgan fingerprint density at radius 2 is 1.92 bits per heavy atom. The number of benzene rings is 1. The number of nitrogens with two attached hydrogens (primary N) is 1. The zero-order chi connectivity index (χ0) is 17.6. The van der Waals surface area contributed by atoms with Crippen LogP contribution in [-0.2, 0) is 0 Å². The molecule has 6 nitrogen and oxygen atoms in total. The number of H-pyrrole nitrogens is 1. The number of hydrogen-bond donors (Lipinski definition) is 2. The van der Waals surface area contributed by atoms with E-state index in [9.17, 15) is 4.39 Å². The summed E-state index contributed by atoms with van der Waals surface area (Å²) in [6.45, 7) is 5.75. The first-order valence-electron chi connectivity index (χ1n) is 8.52. The maximum atomic E-state index is 13.4. The summed E-state index contributed by atoms with van der Waals surface area (Å²) in [7, 11) is 0. The first-order valence-corrected chi connectivity index (χ1v) is 8.52.